The third-order valence-corrected chi connectivity index (χ3v) is 4.83. The van der Waals surface area contributed by atoms with E-state index < -0.39 is 0 Å². The van der Waals surface area contributed by atoms with Gasteiger partial charge < -0.3 is 15.1 Å². The Morgan fingerprint density at radius 1 is 0.926 bits per heavy atom. The molecule has 0 radical (unpaired) electrons. The minimum atomic E-state index is 0.0565. The number of hydrogen-bond acceptors (Lipinski definition) is 5. The van der Waals surface area contributed by atoms with Crippen LogP contribution < -0.4 is 10.6 Å². The second-order valence-electron chi connectivity index (χ2n) is 8.14. The first-order valence-corrected chi connectivity index (χ1v) is 9.01. The topological polar surface area (TPSA) is 68.2 Å². The molecule has 4 aromatic rings. The smallest absolute Gasteiger partial charge is 0.231 e. The zero-order chi connectivity index (χ0) is 19.3. The van der Waals surface area contributed by atoms with Gasteiger partial charge in [0.1, 0.15) is 11.3 Å². The first-order chi connectivity index (χ1) is 12.7. The molecule has 2 aromatic heterocycles. The summed E-state index contributed by atoms with van der Waals surface area (Å²) >= 11 is 0. The number of fused-ring (bicyclic) bond motifs is 2. The van der Waals surface area contributed by atoms with Gasteiger partial charge in [0.25, 0.3) is 0 Å². The van der Waals surface area contributed by atoms with Crippen molar-refractivity contribution in [2.75, 3.05) is 24.7 Å². The van der Waals surface area contributed by atoms with Crippen molar-refractivity contribution in [2.45, 2.75) is 26.2 Å². The molecule has 138 valence electrons. The highest BCUT2D eigenvalue weighted by Crippen LogP contribution is 2.33. The fourth-order valence-corrected chi connectivity index (χ4v) is 3.13. The molecular weight excluding hydrogens is 336 g/mol. The molecule has 0 saturated carbocycles. The van der Waals surface area contributed by atoms with E-state index in [0.29, 0.717) is 17.3 Å². The van der Waals surface area contributed by atoms with Crippen LogP contribution in [0.2, 0.25) is 0 Å². The second kappa shape index (κ2) is 5.98. The summed E-state index contributed by atoms with van der Waals surface area (Å²) < 4.78 is 5.97. The fraction of sp³-hybridized carbons (Fsp3) is 0.273. The number of anilines is 2. The van der Waals surface area contributed by atoms with Crippen LogP contribution in [-0.2, 0) is 5.41 Å². The number of nitrogen functional groups attached to an aromatic ring is 1. The number of aromatic nitrogens is 2. The Morgan fingerprint density at radius 2 is 1.70 bits per heavy atom. The minimum Gasteiger partial charge on any atom is -0.436 e. The quantitative estimate of drug-likeness (QED) is 0.545. The third kappa shape index (κ3) is 3.10. The molecule has 5 heteroatoms. The largest absolute Gasteiger partial charge is 0.436 e. The molecule has 27 heavy (non-hydrogen) atoms. The van der Waals surface area contributed by atoms with E-state index in [2.05, 4.69) is 48.9 Å². The molecule has 4 rings (SSSR count). The average Bonchev–Trinajstić information content (AvgIpc) is 3.02. The summed E-state index contributed by atoms with van der Waals surface area (Å²) in [6.45, 7) is 6.55. The van der Waals surface area contributed by atoms with Gasteiger partial charge in [0.2, 0.25) is 5.89 Å². The molecule has 0 amide bonds. The molecule has 2 heterocycles. The third-order valence-electron chi connectivity index (χ3n) is 4.83. The summed E-state index contributed by atoms with van der Waals surface area (Å²) in [5, 5.41) is 1.00. The average molecular weight is 360 g/mol. The predicted molar refractivity (Wildman–Crippen MR) is 112 cm³/mol. The van der Waals surface area contributed by atoms with Crippen LogP contribution in [0.3, 0.4) is 0 Å². The van der Waals surface area contributed by atoms with Gasteiger partial charge in [-0.2, -0.15) is 0 Å². The Labute approximate surface area is 158 Å². The maximum atomic E-state index is 6.24. The predicted octanol–water partition coefficient (Wildman–Crippen LogP) is 4.99. The van der Waals surface area contributed by atoms with Crippen molar-refractivity contribution in [3.63, 3.8) is 0 Å². The summed E-state index contributed by atoms with van der Waals surface area (Å²) in [4.78, 5) is 11.3. The van der Waals surface area contributed by atoms with E-state index in [9.17, 15) is 0 Å². The van der Waals surface area contributed by atoms with Crippen LogP contribution in [0.25, 0.3) is 33.5 Å². The Balaban J connectivity index is 1.83. The number of oxazole rings is 1. The van der Waals surface area contributed by atoms with E-state index >= 15 is 0 Å². The van der Waals surface area contributed by atoms with Crippen LogP contribution in [0.1, 0.15) is 26.3 Å². The number of rotatable bonds is 2. The summed E-state index contributed by atoms with van der Waals surface area (Å²) in [6, 6.07) is 14.3. The highest BCUT2D eigenvalue weighted by Gasteiger charge is 2.18. The van der Waals surface area contributed by atoms with E-state index in [4.69, 9.17) is 10.2 Å². The molecule has 0 aliphatic carbocycles. The van der Waals surface area contributed by atoms with Crippen LogP contribution >= 0.6 is 0 Å². The van der Waals surface area contributed by atoms with Crippen molar-refractivity contribution < 1.29 is 4.42 Å². The van der Waals surface area contributed by atoms with Crippen LogP contribution in [0.5, 0.6) is 0 Å². The molecule has 2 aromatic carbocycles. The van der Waals surface area contributed by atoms with E-state index in [0.717, 1.165) is 27.7 Å². The van der Waals surface area contributed by atoms with E-state index in [-0.39, 0.29) is 5.41 Å². The number of nitrogens with two attached hydrogens (primary N) is 1. The van der Waals surface area contributed by atoms with Gasteiger partial charge in [0, 0.05) is 25.2 Å². The van der Waals surface area contributed by atoms with Crippen LogP contribution in [0, 0.1) is 0 Å². The fourth-order valence-electron chi connectivity index (χ4n) is 3.13. The Hall–Kier alpha value is -3.08. The van der Waals surface area contributed by atoms with Gasteiger partial charge in [-0.1, -0.05) is 32.9 Å². The highest BCUT2D eigenvalue weighted by atomic mass is 16.3. The normalized spacial score (nSPS) is 12.0. The van der Waals surface area contributed by atoms with E-state index in [1.807, 2.05) is 43.3 Å². The lowest BCUT2D eigenvalue weighted by Crippen LogP contribution is -2.10. The number of nitrogens with zero attached hydrogens (tertiary/aromatic N) is 3. The minimum absolute atomic E-state index is 0.0565. The summed E-state index contributed by atoms with van der Waals surface area (Å²) in [5.41, 5.74) is 11.8. The molecule has 2 N–H and O–H groups in total. The van der Waals surface area contributed by atoms with Gasteiger partial charge in [0.05, 0.1) is 11.1 Å². The molecule has 5 nitrogen and oxygen atoms in total. The molecule has 0 unspecified atom stereocenters. The second-order valence-corrected chi connectivity index (χ2v) is 8.14. The van der Waals surface area contributed by atoms with Gasteiger partial charge in [-0.05, 0) is 41.3 Å². The Morgan fingerprint density at radius 3 is 2.41 bits per heavy atom. The zero-order valence-corrected chi connectivity index (χ0v) is 16.4. The van der Waals surface area contributed by atoms with Crippen LogP contribution in [0.4, 0.5) is 11.5 Å². The lowest BCUT2D eigenvalue weighted by atomic mass is 9.87. The number of hydrogen-bond donors (Lipinski definition) is 1. The monoisotopic (exact) mass is 360 g/mol. The Kier molecular flexibility index (Phi) is 3.84. The van der Waals surface area contributed by atoms with Crippen molar-refractivity contribution in [1.29, 1.82) is 0 Å². The van der Waals surface area contributed by atoms with Gasteiger partial charge >= 0.3 is 0 Å². The van der Waals surface area contributed by atoms with Gasteiger partial charge in [-0.15, -0.1) is 0 Å². The molecule has 0 saturated heterocycles. The van der Waals surface area contributed by atoms with E-state index in [1.54, 1.807) is 0 Å². The summed E-state index contributed by atoms with van der Waals surface area (Å²) in [6.07, 6.45) is 0. The molecule has 0 aliphatic rings. The summed E-state index contributed by atoms with van der Waals surface area (Å²) in [5.74, 6) is 0.917. The molecule has 0 aliphatic heterocycles. The molecule has 0 fully saturated rings. The SMILES string of the molecule is CN(C)c1ccc2cc(-c3nc4cc(C(C)(C)C)ccc4o3)c(N)nc2c1. The van der Waals surface area contributed by atoms with Crippen molar-refractivity contribution in [3.05, 3.63) is 48.0 Å². The maximum absolute atomic E-state index is 6.24. The first kappa shape index (κ1) is 17.3. The van der Waals surface area contributed by atoms with Crippen molar-refractivity contribution in [1.82, 2.24) is 9.97 Å². The number of benzene rings is 2. The van der Waals surface area contributed by atoms with Crippen molar-refractivity contribution >= 4 is 33.5 Å². The van der Waals surface area contributed by atoms with Crippen molar-refractivity contribution in [3.8, 4) is 11.5 Å². The zero-order valence-electron chi connectivity index (χ0n) is 16.4. The maximum Gasteiger partial charge on any atom is 0.231 e. The lowest BCUT2D eigenvalue weighted by molar-refractivity contribution is 0.590. The molecular formula is C22H24N4O. The van der Waals surface area contributed by atoms with Crippen LogP contribution in [-0.4, -0.2) is 24.1 Å². The standard InChI is InChI=1S/C22H24N4O/c1-22(2,3)14-7-9-19-18(11-14)25-21(27-19)16-10-13-6-8-15(26(4)5)12-17(13)24-20(16)23/h6-12H,1-5H3,(H2,23,24). The van der Waals surface area contributed by atoms with Crippen LogP contribution in [0.15, 0.2) is 46.9 Å². The van der Waals surface area contributed by atoms with E-state index in [1.165, 1.54) is 5.56 Å². The lowest BCUT2D eigenvalue weighted by Gasteiger charge is -2.18. The first-order valence-electron chi connectivity index (χ1n) is 9.01. The van der Waals surface area contributed by atoms with Gasteiger partial charge in [-0.25, -0.2) is 9.97 Å². The Bertz CT molecular complexity index is 1150. The molecule has 0 bridgehead atoms. The summed E-state index contributed by atoms with van der Waals surface area (Å²) in [7, 11) is 4.01. The highest BCUT2D eigenvalue weighted by molar-refractivity contribution is 5.90. The molecule has 0 spiro atoms. The number of pyridine rings is 1. The molecule has 0 atom stereocenters. The van der Waals surface area contributed by atoms with Gasteiger partial charge in [0.15, 0.2) is 5.58 Å². The van der Waals surface area contributed by atoms with Gasteiger partial charge in [-0.3, -0.25) is 0 Å². The van der Waals surface area contributed by atoms with Crippen molar-refractivity contribution in [2.24, 2.45) is 0 Å².